The number of hydrogen-bond donors (Lipinski definition) is 1. The third-order valence-corrected chi connectivity index (χ3v) is 4.04. The average molecular weight is 326 g/mol. The van der Waals surface area contributed by atoms with Crippen LogP contribution < -0.4 is 0 Å². The summed E-state index contributed by atoms with van der Waals surface area (Å²) < 4.78 is 27.2. The van der Waals surface area contributed by atoms with E-state index in [1.807, 2.05) is 0 Å². The summed E-state index contributed by atoms with van der Waals surface area (Å²) in [5.74, 6) is -3.43. The SMILES string of the molecule is O=C(O)c1cc(-c2csc(Cl)c2)nc2cc(F)c(F)cc12. The molecular weight excluding hydrogens is 320 g/mol. The van der Waals surface area contributed by atoms with Crippen LogP contribution in [0, 0.1) is 11.6 Å². The zero-order chi connectivity index (χ0) is 15.1. The van der Waals surface area contributed by atoms with Crippen molar-refractivity contribution in [2.45, 2.75) is 0 Å². The first-order chi connectivity index (χ1) is 9.95. The molecule has 106 valence electrons. The maximum atomic E-state index is 13.3. The molecule has 0 aliphatic heterocycles. The first kappa shape index (κ1) is 13.9. The second-order valence-electron chi connectivity index (χ2n) is 4.28. The minimum atomic E-state index is -1.24. The number of carboxylic acid groups (broad SMARTS) is 1. The third-order valence-electron chi connectivity index (χ3n) is 2.94. The quantitative estimate of drug-likeness (QED) is 0.749. The highest BCUT2D eigenvalue weighted by molar-refractivity contribution is 7.14. The summed E-state index contributed by atoms with van der Waals surface area (Å²) in [6, 6.07) is 4.67. The highest BCUT2D eigenvalue weighted by atomic mass is 35.5. The molecule has 7 heteroatoms. The van der Waals surface area contributed by atoms with Gasteiger partial charge in [-0.15, -0.1) is 11.3 Å². The molecular formula is C14H6ClF2NO2S. The number of nitrogens with zero attached hydrogens (tertiary/aromatic N) is 1. The number of hydrogen-bond acceptors (Lipinski definition) is 3. The minimum absolute atomic E-state index is 0.0477. The van der Waals surface area contributed by atoms with Gasteiger partial charge < -0.3 is 5.11 Å². The molecule has 0 saturated heterocycles. The van der Waals surface area contributed by atoms with Crippen LogP contribution in [0.25, 0.3) is 22.2 Å². The van der Waals surface area contributed by atoms with E-state index in [0.717, 1.165) is 12.1 Å². The van der Waals surface area contributed by atoms with E-state index in [1.54, 1.807) is 11.4 Å². The fraction of sp³-hybridized carbons (Fsp3) is 0. The minimum Gasteiger partial charge on any atom is -0.478 e. The van der Waals surface area contributed by atoms with Crippen LogP contribution in [-0.4, -0.2) is 16.1 Å². The topological polar surface area (TPSA) is 50.2 Å². The van der Waals surface area contributed by atoms with E-state index in [4.69, 9.17) is 11.6 Å². The van der Waals surface area contributed by atoms with Gasteiger partial charge in [-0.2, -0.15) is 0 Å². The number of aromatic carboxylic acids is 1. The van der Waals surface area contributed by atoms with Crippen LogP contribution in [0.5, 0.6) is 0 Å². The molecule has 3 nitrogen and oxygen atoms in total. The van der Waals surface area contributed by atoms with Crippen molar-refractivity contribution < 1.29 is 18.7 Å². The molecule has 3 rings (SSSR count). The number of aromatic nitrogens is 1. The van der Waals surface area contributed by atoms with Gasteiger partial charge in [0.1, 0.15) is 0 Å². The number of carbonyl (C=O) groups is 1. The molecule has 0 atom stereocenters. The number of carboxylic acids is 1. The van der Waals surface area contributed by atoms with E-state index in [-0.39, 0.29) is 16.5 Å². The Morgan fingerprint density at radius 1 is 1.19 bits per heavy atom. The van der Waals surface area contributed by atoms with Gasteiger partial charge in [0.05, 0.1) is 21.1 Å². The van der Waals surface area contributed by atoms with Crippen molar-refractivity contribution in [3.05, 3.63) is 51.2 Å². The van der Waals surface area contributed by atoms with Crippen molar-refractivity contribution in [3.63, 3.8) is 0 Å². The van der Waals surface area contributed by atoms with Gasteiger partial charge in [0.25, 0.3) is 0 Å². The summed E-state index contributed by atoms with van der Waals surface area (Å²) in [6.45, 7) is 0. The molecule has 21 heavy (non-hydrogen) atoms. The van der Waals surface area contributed by atoms with Gasteiger partial charge in [0.15, 0.2) is 11.6 Å². The molecule has 0 radical (unpaired) electrons. The lowest BCUT2D eigenvalue weighted by Crippen LogP contribution is -2.01. The van der Waals surface area contributed by atoms with E-state index in [2.05, 4.69) is 4.98 Å². The maximum Gasteiger partial charge on any atom is 0.336 e. The monoisotopic (exact) mass is 325 g/mol. The summed E-state index contributed by atoms with van der Waals surface area (Å²) in [5, 5.41) is 11.0. The first-order valence-electron chi connectivity index (χ1n) is 5.73. The van der Waals surface area contributed by atoms with Crippen molar-refractivity contribution in [1.29, 1.82) is 0 Å². The molecule has 0 aliphatic carbocycles. The van der Waals surface area contributed by atoms with Gasteiger partial charge >= 0.3 is 5.97 Å². The molecule has 2 heterocycles. The molecule has 0 saturated carbocycles. The largest absolute Gasteiger partial charge is 0.478 e. The normalized spacial score (nSPS) is 11.0. The Labute approximate surface area is 126 Å². The molecule has 0 unspecified atom stereocenters. The standard InChI is InChI=1S/C14H6ClF2NO2S/c15-13-1-6(5-21-13)11-3-8(14(19)20)7-2-9(16)10(17)4-12(7)18-11/h1-5H,(H,19,20). The number of benzene rings is 1. The van der Waals surface area contributed by atoms with Crippen molar-refractivity contribution >= 4 is 39.8 Å². The van der Waals surface area contributed by atoms with Crippen LogP contribution in [0.3, 0.4) is 0 Å². The van der Waals surface area contributed by atoms with Gasteiger partial charge in [-0.25, -0.2) is 18.6 Å². The Balaban J connectivity index is 2.34. The van der Waals surface area contributed by atoms with Crippen LogP contribution in [-0.2, 0) is 0 Å². The van der Waals surface area contributed by atoms with E-state index in [0.29, 0.717) is 15.6 Å². The summed E-state index contributed by atoms with van der Waals surface area (Å²) in [6.07, 6.45) is 0. The zero-order valence-corrected chi connectivity index (χ0v) is 11.8. The van der Waals surface area contributed by atoms with Gasteiger partial charge in [0, 0.05) is 22.4 Å². The van der Waals surface area contributed by atoms with E-state index in [1.165, 1.54) is 17.4 Å². The second-order valence-corrected chi connectivity index (χ2v) is 5.83. The summed E-state index contributed by atoms with van der Waals surface area (Å²) in [4.78, 5) is 15.5. The van der Waals surface area contributed by atoms with Crippen molar-refractivity contribution in [2.75, 3.05) is 0 Å². The smallest absolute Gasteiger partial charge is 0.336 e. The van der Waals surface area contributed by atoms with E-state index in [9.17, 15) is 18.7 Å². The molecule has 1 aromatic carbocycles. The zero-order valence-electron chi connectivity index (χ0n) is 10.2. The van der Waals surface area contributed by atoms with Crippen LogP contribution in [0.2, 0.25) is 4.34 Å². The molecule has 0 fully saturated rings. The van der Waals surface area contributed by atoms with E-state index >= 15 is 0 Å². The van der Waals surface area contributed by atoms with Crippen molar-refractivity contribution in [1.82, 2.24) is 4.98 Å². The first-order valence-corrected chi connectivity index (χ1v) is 6.99. The molecule has 2 aromatic heterocycles. The number of halogens is 3. The molecule has 0 spiro atoms. The van der Waals surface area contributed by atoms with Crippen LogP contribution in [0.1, 0.15) is 10.4 Å². The fourth-order valence-electron chi connectivity index (χ4n) is 1.99. The highest BCUT2D eigenvalue weighted by Crippen LogP contribution is 2.31. The lowest BCUT2D eigenvalue weighted by molar-refractivity contribution is 0.0699. The number of rotatable bonds is 2. The maximum absolute atomic E-state index is 13.3. The van der Waals surface area contributed by atoms with Gasteiger partial charge in [0.2, 0.25) is 0 Å². The lowest BCUT2D eigenvalue weighted by atomic mass is 10.1. The van der Waals surface area contributed by atoms with Gasteiger partial charge in [-0.05, 0) is 18.2 Å². The Morgan fingerprint density at radius 3 is 2.52 bits per heavy atom. The van der Waals surface area contributed by atoms with E-state index < -0.39 is 17.6 Å². The van der Waals surface area contributed by atoms with Gasteiger partial charge in [-0.3, -0.25) is 0 Å². The molecule has 1 N–H and O–H groups in total. The summed E-state index contributed by atoms with van der Waals surface area (Å²) >= 11 is 7.11. The molecule has 3 aromatic rings. The third kappa shape index (κ3) is 2.48. The molecule has 0 amide bonds. The van der Waals surface area contributed by atoms with Crippen molar-refractivity contribution in [3.8, 4) is 11.3 Å². The summed E-state index contributed by atoms with van der Waals surface area (Å²) in [5.41, 5.74) is 0.899. The number of pyridine rings is 1. The summed E-state index contributed by atoms with van der Waals surface area (Å²) in [7, 11) is 0. The van der Waals surface area contributed by atoms with Crippen LogP contribution in [0.4, 0.5) is 8.78 Å². The predicted molar refractivity (Wildman–Crippen MR) is 76.9 cm³/mol. The van der Waals surface area contributed by atoms with Crippen molar-refractivity contribution in [2.24, 2.45) is 0 Å². The van der Waals surface area contributed by atoms with Crippen LogP contribution in [0.15, 0.2) is 29.6 Å². The number of thiophene rings is 1. The molecule has 0 aliphatic rings. The average Bonchev–Trinajstić information content (AvgIpc) is 2.85. The number of fused-ring (bicyclic) bond motifs is 1. The highest BCUT2D eigenvalue weighted by Gasteiger charge is 2.16. The Kier molecular flexibility index (Phi) is 3.35. The second kappa shape index (κ2) is 5.05. The molecule has 0 bridgehead atoms. The Bertz CT molecular complexity index is 879. The van der Waals surface area contributed by atoms with Gasteiger partial charge in [-0.1, -0.05) is 11.6 Å². The fourth-order valence-corrected chi connectivity index (χ4v) is 2.86. The lowest BCUT2D eigenvalue weighted by Gasteiger charge is -2.06. The Morgan fingerprint density at radius 2 is 1.90 bits per heavy atom. The Hall–Kier alpha value is -2.05. The predicted octanol–water partition coefficient (Wildman–Crippen LogP) is 4.59. The van der Waals surface area contributed by atoms with Crippen LogP contribution >= 0.6 is 22.9 Å².